The summed E-state index contributed by atoms with van der Waals surface area (Å²) in [4.78, 5) is 0. The lowest BCUT2D eigenvalue weighted by atomic mass is 9.98. The van der Waals surface area contributed by atoms with Gasteiger partial charge in [0.1, 0.15) is 0 Å². The maximum atomic E-state index is 2.43. The lowest BCUT2D eigenvalue weighted by Crippen LogP contribution is -2.00. The van der Waals surface area contributed by atoms with Crippen molar-refractivity contribution < 1.29 is 0 Å². The summed E-state index contributed by atoms with van der Waals surface area (Å²) in [5, 5.41) is 7.71. The summed E-state index contributed by atoms with van der Waals surface area (Å²) in [6.07, 6.45) is 0. The molecule has 0 unspecified atom stereocenters. The molecule has 238 valence electrons. The minimum atomic E-state index is 1.14. The van der Waals surface area contributed by atoms with E-state index in [-0.39, 0.29) is 0 Å². The minimum absolute atomic E-state index is 1.14. The number of aromatic nitrogens is 2. The lowest BCUT2D eigenvalue weighted by molar-refractivity contribution is 1.13. The van der Waals surface area contributed by atoms with Crippen LogP contribution in [0.25, 0.3) is 97.4 Å². The van der Waals surface area contributed by atoms with Crippen molar-refractivity contribution in [3.8, 4) is 33.6 Å². The monoisotopic (exact) mass is 666 g/mol. The topological polar surface area (TPSA) is 9.86 Å². The van der Waals surface area contributed by atoms with E-state index in [0.717, 1.165) is 11.4 Å². The van der Waals surface area contributed by atoms with E-state index in [2.05, 4.69) is 191 Å². The first-order valence-electron chi connectivity index (χ1n) is 17.4. The molecule has 11 rings (SSSR count). The van der Waals surface area contributed by atoms with Crippen LogP contribution in [0.3, 0.4) is 0 Å². The van der Waals surface area contributed by atoms with Crippen molar-refractivity contribution in [2.45, 2.75) is 0 Å². The molecule has 0 radical (unpaired) electrons. The molecule has 2 nitrogen and oxygen atoms in total. The Hall–Kier alpha value is -6.42. The van der Waals surface area contributed by atoms with Gasteiger partial charge in [0.2, 0.25) is 0 Å². The van der Waals surface area contributed by atoms with Crippen LogP contribution in [0.2, 0.25) is 0 Å². The second-order valence-electron chi connectivity index (χ2n) is 13.4. The van der Waals surface area contributed by atoms with E-state index in [9.17, 15) is 0 Å². The van der Waals surface area contributed by atoms with Crippen molar-refractivity contribution in [2.24, 2.45) is 0 Å². The number of rotatable bonds is 4. The van der Waals surface area contributed by atoms with Gasteiger partial charge in [-0.2, -0.15) is 0 Å². The van der Waals surface area contributed by atoms with Gasteiger partial charge in [-0.15, -0.1) is 11.3 Å². The molecule has 8 aromatic carbocycles. The molecule has 3 heterocycles. The number of para-hydroxylation sites is 4. The largest absolute Gasteiger partial charge is 0.309 e. The lowest BCUT2D eigenvalue weighted by Gasteiger charge is -2.16. The van der Waals surface area contributed by atoms with Gasteiger partial charge < -0.3 is 9.13 Å². The van der Waals surface area contributed by atoms with Gasteiger partial charge in [0.15, 0.2) is 0 Å². The third kappa shape index (κ3) is 4.35. The zero-order valence-corrected chi connectivity index (χ0v) is 28.4. The minimum Gasteiger partial charge on any atom is -0.309 e. The molecule has 0 saturated carbocycles. The van der Waals surface area contributed by atoms with Crippen molar-refractivity contribution >= 4 is 75.1 Å². The van der Waals surface area contributed by atoms with E-state index in [4.69, 9.17) is 0 Å². The molecule has 0 spiro atoms. The van der Waals surface area contributed by atoms with Crippen molar-refractivity contribution in [1.82, 2.24) is 9.13 Å². The summed E-state index contributed by atoms with van der Waals surface area (Å²) in [5.74, 6) is 0. The molecule has 0 amide bonds. The Balaban J connectivity index is 1.12. The van der Waals surface area contributed by atoms with Crippen LogP contribution in [0.1, 0.15) is 0 Å². The van der Waals surface area contributed by atoms with Crippen LogP contribution in [-0.2, 0) is 0 Å². The van der Waals surface area contributed by atoms with Gasteiger partial charge in [-0.25, -0.2) is 0 Å². The first-order chi connectivity index (χ1) is 25.3. The Morgan fingerprint density at radius 1 is 0.275 bits per heavy atom. The summed E-state index contributed by atoms with van der Waals surface area (Å²) in [5.41, 5.74) is 11.9. The molecule has 0 aliphatic carbocycles. The molecule has 3 heteroatoms. The van der Waals surface area contributed by atoms with Crippen LogP contribution in [-0.4, -0.2) is 9.13 Å². The highest BCUT2D eigenvalue weighted by Crippen LogP contribution is 2.39. The van der Waals surface area contributed by atoms with Gasteiger partial charge in [-0.1, -0.05) is 127 Å². The fourth-order valence-electron chi connectivity index (χ4n) is 8.18. The van der Waals surface area contributed by atoms with E-state index >= 15 is 0 Å². The number of hydrogen-bond donors (Lipinski definition) is 0. The van der Waals surface area contributed by atoms with Crippen LogP contribution < -0.4 is 0 Å². The van der Waals surface area contributed by atoms with Crippen molar-refractivity contribution in [2.75, 3.05) is 0 Å². The Morgan fingerprint density at radius 3 is 1.18 bits per heavy atom. The SMILES string of the molecule is c1ccc2c(c1)sc1cc(-c3ccc(-c4cc(-n5c6ccccc6c6ccccc65)cc(-n5c6ccccc6c6ccccc65)c4)cc3)ccc12. The molecular formula is C48H30N2S. The maximum absolute atomic E-state index is 2.43. The number of thiophene rings is 1. The van der Waals surface area contributed by atoms with E-state index in [1.54, 1.807) is 0 Å². The van der Waals surface area contributed by atoms with Crippen LogP contribution >= 0.6 is 11.3 Å². The Labute approximate surface area is 298 Å². The van der Waals surface area contributed by atoms with Crippen molar-refractivity contribution in [3.05, 3.63) is 182 Å². The highest BCUT2D eigenvalue weighted by Gasteiger charge is 2.17. The van der Waals surface area contributed by atoms with E-state index < -0.39 is 0 Å². The van der Waals surface area contributed by atoms with Crippen LogP contribution in [0.15, 0.2) is 182 Å². The number of fused-ring (bicyclic) bond motifs is 9. The van der Waals surface area contributed by atoms with Gasteiger partial charge in [0.25, 0.3) is 0 Å². The van der Waals surface area contributed by atoms with Gasteiger partial charge >= 0.3 is 0 Å². The molecule has 0 N–H and O–H groups in total. The average Bonchev–Trinajstić information content (AvgIpc) is 3.85. The molecule has 0 fully saturated rings. The summed E-state index contributed by atoms with van der Waals surface area (Å²) in [6, 6.07) is 66.8. The summed E-state index contributed by atoms with van der Waals surface area (Å²) >= 11 is 1.87. The normalized spacial score (nSPS) is 11.9. The number of benzene rings is 8. The molecule has 0 saturated heterocycles. The van der Waals surface area contributed by atoms with Crippen molar-refractivity contribution in [3.63, 3.8) is 0 Å². The second kappa shape index (κ2) is 11.0. The smallest absolute Gasteiger partial charge is 0.0541 e. The molecule has 3 aromatic heterocycles. The van der Waals surface area contributed by atoms with Crippen LogP contribution in [0.4, 0.5) is 0 Å². The van der Waals surface area contributed by atoms with E-state index in [1.165, 1.54) is 86.0 Å². The fourth-order valence-corrected chi connectivity index (χ4v) is 9.33. The Morgan fingerprint density at radius 2 is 0.667 bits per heavy atom. The predicted molar refractivity (Wildman–Crippen MR) is 219 cm³/mol. The first kappa shape index (κ1) is 28.4. The highest BCUT2D eigenvalue weighted by molar-refractivity contribution is 7.25. The third-order valence-corrected chi connectivity index (χ3v) is 11.6. The Bertz CT molecular complexity index is 2900. The van der Waals surface area contributed by atoms with Gasteiger partial charge in [0, 0.05) is 53.1 Å². The zero-order valence-electron chi connectivity index (χ0n) is 27.6. The standard InChI is InChI=1S/C48H30N2S/c1-6-16-43-37(11-1)38-12-2-7-17-44(38)49(43)35-27-34(28-36(30-35)50-45-18-8-3-13-39(45)40-14-4-9-19-46(40)50)32-23-21-31(22-24-32)33-25-26-42-41-15-5-10-20-47(41)51-48(42)29-33/h1-30H. The first-order valence-corrected chi connectivity index (χ1v) is 18.2. The van der Waals surface area contributed by atoms with Crippen LogP contribution in [0.5, 0.6) is 0 Å². The summed E-state index contributed by atoms with van der Waals surface area (Å²) < 4.78 is 7.52. The highest BCUT2D eigenvalue weighted by atomic mass is 32.1. The molecule has 11 aromatic rings. The number of nitrogens with zero attached hydrogens (tertiary/aromatic N) is 2. The number of hydrogen-bond acceptors (Lipinski definition) is 1. The fraction of sp³-hybridized carbons (Fsp3) is 0. The molecule has 0 aliphatic heterocycles. The molecular weight excluding hydrogens is 637 g/mol. The van der Waals surface area contributed by atoms with E-state index in [0.29, 0.717) is 0 Å². The molecule has 0 bridgehead atoms. The molecule has 0 atom stereocenters. The van der Waals surface area contributed by atoms with E-state index in [1.807, 2.05) is 11.3 Å². The molecule has 0 aliphatic rings. The van der Waals surface area contributed by atoms with Crippen LogP contribution in [0, 0.1) is 0 Å². The average molecular weight is 667 g/mol. The van der Waals surface area contributed by atoms with Crippen molar-refractivity contribution in [1.29, 1.82) is 0 Å². The second-order valence-corrected chi connectivity index (χ2v) is 14.4. The van der Waals surface area contributed by atoms with Gasteiger partial charge in [0.05, 0.1) is 22.1 Å². The summed E-state index contributed by atoms with van der Waals surface area (Å²) in [6.45, 7) is 0. The van der Waals surface area contributed by atoms with Gasteiger partial charge in [-0.05, 0) is 76.9 Å². The predicted octanol–water partition coefficient (Wildman–Crippen LogP) is 13.6. The zero-order chi connectivity index (χ0) is 33.5. The molecule has 51 heavy (non-hydrogen) atoms. The third-order valence-electron chi connectivity index (χ3n) is 10.5. The van der Waals surface area contributed by atoms with Gasteiger partial charge in [-0.3, -0.25) is 0 Å². The Kier molecular flexibility index (Phi) is 6.16. The summed E-state index contributed by atoms with van der Waals surface area (Å²) in [7, 11) is 0. The quantitative estimate of drug-likeness (QED) is 0.177. The maximum Gasteiger partial charge on any atom is 0.0541 e.